The van der Waals surface area contributed by atoms with Crippen molar-refractivity contribution in [1.82, 2.24) is 0 Å². The van der Waals surface area contributed by atoms with Crippen LogP contribution in [0.2, 0.25) is 0 Å². The number of carbonyl (C=O) groups excluding carboxylic acids is 2. The van der Waals surface area contributed by atoms with Crippen LogP contribution in [0.15, 0.2) is 47.4 Å². The Hall–Kier alpha value is -2.87. The van der Waals surface area contributed by atoms with Crippen molar-refractivity contribution < 1.29 is 27.5 Å². The molecule has 0 aromatic heterocycles. The topological polar surface area (TPSA) is 98.8 Å². The molecule has 2 aromatic carbocycles. The Labute approximate surface area is 170 Å². The minimum absolute atomic E-state index is 0.0128. The summed E-state index contributed by atoms with van der Waals surface area (Å²) in [7, 11) is -1.94. The van der Waals surface area contributed by atoms with E-state index >= 15 is 0 Å². The van der Waals surface area contributed by atoms with Crippen LogP contribution in [0.3, 0.4) is 0 Å². The highest BCUT2D eigenvalue weighted by Gasteiger charge is 2.28. The first-order valence-electron chi connectivity index (χ1n) is 8.99. The Morgan fingerprint density at radius 3 is 2.17 bits per heavy atom. The lowest BCUT2D eigenvalue weighted by Gasteiger charge is -2.21. The third-order valence-electron chi connectivity index (χ3n) is 4.31. The van der Waals surface area contributed by atoms with Crippen molar-refractivity contribution in [3.63, 3.8) is 0 Å². The van der Waals surface area contributed by atoms with Crippen molar-refractivity contribution in [3.05, 3.63) is 53.6 Å². The van der Waals surface area contributed by atoms with E-state index in [4.69, 9.17) is 9.47 Å². The van der Waals surface area contributed by atoms with Crippen LogP contribution in [0.1, 0.15) is 29.8 Å². The van der Waals surface area contributed by atoms with E-state index in [1.807, 2.05) is 0 Å². The quantitative estimate of drug-likeness (QED) is 0.692. The van der Waals surface area contributed by atoms with E-state index in [1.165, 1.54) is 18.2 Å². The van der Waals surface area contributed by atoms with E-state index in [0.29, 0.717) is 17.0 Å². The van der Waals surface area contributed by atoms with Crippen LogP contribution in [0.4, 0.5) is 5.69 Å². The molecule has 0 saturated heterocycles. The van der Waals surface area contributed by atoms with Crippen molar-refractivity contribution in [2.75, 3.05) is 18.7 Å². The van der Waals surface area contributed by atoms with Crippen molar-refractivity contribution in [1.29, 1.82) is 0 Å². The average molecular weight is 419 g/mol. The minimum atomic E-state index is -3.48. The van der Waals surface area contributed by atoms with Crippen molar-refractivity contribution >= 4 is 27.4 Å². The maximum atomic E-state index is 12.7. The van der Waals surface area contributed by atoms with Crippen LogP contribution in [0, 0.1) is 12.8 Å². The van der Waals surface area contributed by atoms with Gasteiger partial charge in [-0.25, -0.2) is 13.2 Å². The van der Waals surface area contributed by atoms with E-state index in [-0.39, 0.29) is 16.4 Å². The SMILES string of the molecule is COc1ccc(NC(=O)[C@H](OC(=O)c2cc(S(C)(=O)=O)ccc2C)C(C)C)cc1. The predicted molar refractivity (Wildman–Crippen MR) is 110 cm³/mol. The third kappa shape index (κ3) is 5.80. The van der Waals surface area contributed by atoms with Crippen LogP contribution in [0.25, 0.3) is 0 Å². The standard InChI is InChI=1S/C21H25NO6S/c1-13(2)19(20(23)22-15-7-9-16(27-4)10-8-15)28-21(24)18-12-17(29(5,25)26)11-6-14(18)3/h6-13,19H,1-5H3,(H,22,23)/t19-/m1/s1. The molecule has 0 spiro atoms. The molecule has 0 radical (unpaired) electrons. The number of methoxy groups -OCH3 is 1. The normalized spacial score (nSPS) is 12.3. The Kier molecular flexibility index (Phi) is 7.02. The molecule has 0 saturated carbocycles. The number of aryl methyl sites for hydroxylation is 1. The van der Waals surface area contributed by atoms with Gasteiger partial charge in [-0.15, -0.1) is 0 Å². The molecule has 0 aliphatic carbocycles. The molecule has 0 heterocycles. The van der Waals surface area contributed by atoms with Gasteiger partial charge in [-0.1, -0.05) is 19.9 Å². The highest BCUT2D eigenvalue weighted by Crippen LogP contribution is 2.20. The predicted octanol–water partition coefficient (Wildman–Crippen LogP) is 3.23. The Bertz CT molecular complexity index is 996. The van der Waals surface area contributed by atoms with E-state index in [9.17, 15) is 18.0 Å². The van der Waals surface area contributed by atoms with Crippen molar-refractivity contribution in [3.8, 4) is 5.75 Å². The molecular formula is C21H25NO6S. The van der Waals surface area contributed by atoms with Gasteiger partial charge in [-0.2, -0.15) is 0 Å². The molecule has 7 nitrogen and oxygen atoms in total. The number of hydrogen-bond donors (Lipinski definition) is 1. The van der Waals surface area contributed by atoms with Gasteiger partial charge in [0.25, 0.3) is 5.91 Å². The first-order valence-corrected chi connectivity index (χ1v) is 10.9. The molecule has 0 bridgehead atoms. The largest absolute Gasteiger partial charge is 0.497 e. The number of amides is 1. The zero-order valence-corrected chi connectivity index (χ0v) is 17.9. The van der Waals surface area contributed by atoms with Gasteiger partial charge in [0.05, 0.1) is 17.6 Å². The van der Waals surface area contributed by atoms with Gasteiger partial charge >= 0.3 is 5.97 Å². The molecule has 1 atom stereocenters. The fourth-order valence-corrected chi connectivity index (χ4v) is 3.26. The molecule has 0 fully saturated rings. The number of benzene rings is 2. The maximum absolute atomic E-state index is 12.7. The summed E-state index contributed by atoms with van der Waals surface area (Å²) < 4.78 is 34.1. The summed E-state index contributed by atoms with van der Waals surface area (Å²) in [4.78, 5) is 25.4. The first kappa shape index (κ1) is 22.4. The van der Waals surface area contributed by atoms with E-state index < -0.39 is 27.8 Å². The summed E-state index contributed by atoms with van der Waals surface area (Å²) in [6.45, 7) is 5.18. The molecule has 0 unspecified atom stereocenters. The highest BCUT2D eigenvalue weighted by atomic mass is 32.2. The Balaban J connectivity index is 2.21. The number of carbonyl (C=O) groups is 2. The molecule has 8 heteroatoms. The number of anilines is 1. The zero-order valence-electron chi connectivity index (χ0n) is 17.1. The number of nitrogens with one attached hydrogen (secondary N) is 1. The lowest BCUT2D eigenvalue weighted by molar-refractivity contribution is -0.126. The van der Waals surface area contributed by atoms with Gasteiger partial charge in [0.15, 0.2) is 15.9 Å². The summed E-state index contributed by atoms with van der Waals surface area (Å²) in [5.74, 6) is -0.876. The van der Waals surface area contributed by atoms with Crippen LogP contribution in [-0.2, 0) is 19.4 Å². The summed E-state index contributed by atoms with van der Waals surface area (Å²) >= 11 is 0. The molecule has 2 aromatic rings. The lowest BCUT2D eigenvalue weighted by atomic mass is 10.1. The fraction of sp³-hybridized carbons (Fsp3) is 0.333. The fourth-order valence-electron chi connectivity index (χ4n) is 2.61. The van der Waals surface area contributed by atoms with Gasteiger partial charge in [0, 0.05) is 11.9 Å². The third-order valence-corrected chi connectivity index (χ3v) is 5.42. The Morgan fingerprint density at radius 2 is 1.66 bits per heavy atom. The molecule has 29 heavy (non-hydrogen) atoms. The van der Waals surface area contributed by atoms with Gasteiger partial charge in [-0.05, 0) is 54.8 Å². The van der Waals surface area contributed by atoms with E-state index in [2.05, 4.69) is 5.32 Å². The van der Waals surface area contributed by atoms with Crippen molar-refractivity contribution in [2.24, 2.45) is 5.92 Å². The number of esters is 1. The van der Waals surface area contributed by atoms with Crippen LogP contribution in [-0.4, -0.2) is 39.8 Å². The summed E-state index contributed by atoms with van der Waals surface area (Å²) in [5, 5.41) is 2.71. The number of hydrogen-bond acceptors (Lipinski definition) is 6. The Morgan fingerprint density at radius 1 is 1.03 bits per heavy atom. The molecule has 2 rings (SSSR count). The molecule has 156 valence electrons. The maximum Gasteiger partial charge on any atom is 0.339 e. The molecule has 0 aliphatic rings. The van der Waals surface area contributed by atoms with Crippen LogP contribution < -0.4 is 10.1 Å². The van der Waals surface area contributed by atoms with Crippen LogP contribution in [0.5, 0.6) is 5.75 Å². The summed E-state index contributed by atoms with van der Waals surface area (Å²) in [5.41, 5.74) is 1.20. The first-order chi connectivity index (χ1) is 13.5. The smallest absolute Gasteiger partial charge is 0.339 e. The molecular weight excluding hydrogens is 394 g/mol. The van der Waals surface area contributed by atoms with Crippen LogP contribution >= 0.6 is 0 Å². The number of rotatable bonds is 7. The average Bonchev–Trinajstić information content (AvgIpc) is 2.65. The van der Waals surface area contributed by atoms with Gasteiger partial charge < -0.3 is 14.8 Å². The number of ether oxygens (including phenoxy) is 2. The second-order valence-corrected chi connectivity index (χ2v) is 9.05. The van der Waals surface area contributed by atoms with Gasteiger partial charge in [0.2, 0.25) is 0 Å². The zero-order chi connectivity index (χ0) is 21.8. The molecule has 1 N–H and O–H groups in total. The second-order valence-electron chi connectivity index (χ2n) is 7.04. The summed E-state index contributed by atoms with van der Waals surface area (Å²) in [6.07, 6.45) is 0.0114. The van der Waals surface area contributed by atoms with Crippen molar-refractivity contribution in [2.45, 2.75) is 31.8 Å². The monoisotopic (exact) mass is 419 g/mol. The summed E-state index contributed by atoms with van der Waals surface area (Å²) in [6, 6.07) is 11.0. The molecule has 1 amide bonds. The second kappa shape index (κ2) is 9.09. The van der Waals surface area contributed by atoms with E-state index in [0.717, 1.165) is 6.26 Å². The highest BCUT2D eigenvalue weighted by molar-refractivity contribution is 7.90. The molecule has 0 aliphatic heterocycles. The number of sulfone groups is 1. The van der Waals surface area contributed by atoms with E-state index in [1.54, 1.807) is 52.1 Å². The lowest BCUT2D eigenvalue weighted by Crippen LogP contribution is -2.36. The minimum Gasteiger partial charge on any atom is -0.497 e. The van der Waals surface area contributed by atoms with Gasteiger partial charge in [0.1, 0.15) is 5.75 Å². The van der Waals surface area contributed by atoms with Gasteiger partial charge in [-0.3, -0.25) is 4.79 Å².